The normalized spacial score (nSPS) is 17.0. The van der Waals surface area contributed by atoms with Gasteiger partial charge in [-0.05, 0) is 68.0 Å². The Labute approximate surface area is 169 Å². The van der Waals surface area contributed by atoms with E-state index in [0.717, 1.165) is 67.9 Å². The number of carbonyl (C=O) groups is 1. The summed E-state index contributed by atoms with van der Waals surface area (Å²) >= 11 is 0. The molecule has 8 nitrogen and oxygen atoms in total. The van der Waals surface area contributed by atoms with E-state index >= 15 is 0 Å². The van der Waals surface area contributed by atoms with Gasteiger partial charge in [-0.3, -0.25) is 4.79 Å². The van der Waals surface area contributed by atoms with E-state index in [1.165, 1.54) is 6.42 Å². The molecule has 3 N–H and O–H groups in total. The van der Waals surface area contributed by atoms with Gasteiger partial charge in [0.2, 0.25) is 0 Å². The Morgan fingerprint density at radius 2 is 1.79 bits per heavy atom. The van der Waals surface area contributed by atoms with Gasteiger partial charge in [0.05, 0.1) is 5.56 Å². The molecule has 0 spiro atoms. The van der Waals surface area contributed by atoms with Gasteiger partial charge < -0.3 is 15.5 Å². The zero-order chi connectivity index (χ0) is 20.2. The molecule has 1 saturated heterocycles. The number of aromatic nitrogens is 1. The Bertz CT molecular complexity index is 933. The van der Waals surface area contributed by atoms with Gasteiger partial charge in [0.25, 0.3) is 5.91 Å². The average Bonchev–Trinajstić information content (AvgIpc) is 2.78. The predicted octanol–water partition coefficient (Wildman–Crippen LogP) is 3.44. The summed E-state index contributed by atoms with van der Waals surface area (Å²) in [4.78, 5) is 21.6. The third-order valence-corrected chi connectivity index (χ3v) is 5.55. The number of hydrogen-bond donors (Lipinski definition) is 2. The van der Waals surface area contributed by atoms with E-state index in [9.17, 15) is 4.79 Å². The minimum atomic E-state index is 0.0936. The third kappa shape index (κ3) is 3.96. The van der Waals surface area contributed by atoms with Crippen LogP contribution in [0.1, 0.15) is 47.2 Å². The molecule has 4 rings (SSSR count). The lowest BCUT2D eigenvalue weighted by Gasteiger charge is -2.31. The zero-order valence-electron chi connectivity index (χ0n) is 16.3. The van der Waals surface area contributed by atoms with Crippen molar-refractivity contribution in [1.29, 1.82) is 5.53 Å². The standard InChI is InChI=1S/C21H25N7O/c22-19(25-26-23)15-6-8-18(9-7-15)28-12-4-5-16-13-17(14-24-20(16)28)21(29)27-10-2-1-3-11-27/h6-9,13-14H,1-5,10-12H2,(H3,22,23,25). The summed E-state index contributed by atoms with van der Waals surface area (Å²) in [5.74, 6) is 1.21. The van der Waals surface area contributed by atoms with Crippen molar-refractivity contribution in [2.24, 2.45) is 16.1 Å². The SMILES string of the molecule is N=NN=C(N)c1ccc(N2CCCc3cc(C(=O)N4CCCCC4)cnc32)cc1. The Morgan fingerprint density at radius 3 is 2.52 bits per heavy atom. The van der Waals surface area contributed by atoms with E-state index < -0.39 is 0 Å². The highest BCUT2D eigenvalue weighted by Gasteiger charge is 2.24. The summed E-state index contributed by atoms with van der Waals surface area (Å²) in [5.41, 5.74) is 16.1. The van der Waals surface area contributed by atoms with Gasteiger partial charge in [0.15, 0.2) is 5.84 Å². The number of pyridine rings is 1. The van der Waals surface area contributed by atoms with Crippen LogP contribution in [0.3, 0.4) is 0 Å². The van der Waals surface area contributed by atoms with Crippen LogP contribution < -0.4 is 10.6 Å². The molecule has 3 heterocycles. The Kier molecular flexibility index (Phi) is 5.50. The minimum Gasteiger partial charge on any atom is -0.382 e. The number of nitrogens with zero attached hydrogens (tertiary/aromatic N) is 5. The summed E-state index contributed by atoms with van der Waals surface area (Å²) in [6.45, 7) is 2.55. The molecule has 8 heteroatoms. The molecule has 1 amide bonds. The molecule has 1 aromatic carbocycles. The molecule has 150 valence electrons. The summed E-state index contributed by atoms with van der Waals surface area (Å²) in [5, 5.41) is 6.53. The van der Waals surface area contributed by atoms with Crippen LogP contribution in [0, 0.1) is 5.53 Å². The van der Waals surface area contributed by atoms with E-state index in [-0.39, 0.29) is 11.7 Å². The molecule has 2 aliphatic rings. The number of amides is 1. The largest absolute Gasteiger partial charge is 0.382 e. The Morgan fingerprint density at radius 1 is 1.03 bits per heavy atom. The molecule has 1 aromatic heterocycles. The number of amidine groups is 1. The summed E-state index contributed by atoms with van der Waals surface area (Å²) in [7, 11) is 0. The number of nitrogens with two attached hydrogens (primary N) is 1. The van der Waals surface area contributed by atoms with Crippen LogP contribution in [-0.2, 0) is 6.42 Å². The molecule has 2 aromatic rings. The molecule has 1 fully saturated rings. The highest BCUT2D eigenvalue weighted by molar-refractivity contribution is 5.97. The lowest BCUT2D eigenvalue weighted by atomic mass is 10.0. The molecule has 29 heavy (non-hydrogen) atoms. The molecule has 0 saturated carbocycles. The van der Waals surface area contributed by atoms with Gasteiger partial charge in [-0.25, -0.2) is 4.98 Å². The molecule has 0 aliphatic carbocycles. The highest BCUT2D eigenvalue weighted by atomic mass is 16.2. The first-order chi connectivity index (χ1) is 14.2. The maximum atomic E-state index is 12.8. The van der Waals surface area contributed by atoms with Crippen LogP contribution >= 0.6 is 0 Å². The van der Waals surface area contributed by atoms with Crippen LogP contribution in [0.15, 0.2) is 46.9 Å². The van der Waals surface area contributed by atoms with E-state index in [0.29, 0.717) is 5.56 Å². The molecule has 0 unspecified atom stereocenters. The number of aryl methyl sites for hydroxylation is 1. The predicted molar refractivity (Wildman–Crippen MR) is 112 cm³/mol. The van der Waals surface area contributed by atoms with Gasteiger partial charge in [-0.15, -0.1) is 5.10 Å². The summed E-state index contributed by atoms with van der Waals surface area (Å²) in [6, 6.07) is 9.67. The highest BCUT2D eigenvalue weighted by Crippen LogP contribution is 2.32. The maximum Gasteiger partial charge on any atom is 0.255 e. The summed E-state index contributed by atoms with van der Waals surface area (Å²) < 4.78 is 0. The first-order valence-electron chi connectivity index (χ1n) is 10.0. The Balaban J connectivity index is 1.57. The lowest BCUT2D eigenvalue weighted by Crippen LogP contribution is -2.36. The molecular formula is C21H25N7O. The van der Waals surface area contributed by atoms with Crippen molar-refractivity contribution in [3.63, 3.8) is 0 Å². The molecule has 0 atom stereocenters. The molecular weight excluding hydrogens is 366 g/mol. The quantitative estimate of drug-likeness (QED) is 0.360. The van der Waals surface area contributed by atoms with Gasteiger partial charge >= 0.3 is 0 Å². The van der Waals surface area contributed by atoms with Crippen molar-refractivity contribution in [2.45, 2.75) is 32.1 Å². The number of carbonyl (C=O) groups excluding carboxylic acids is 1. The van der Waals surface area contributed by atoms with Crippen LogP contribution in [0.5, 0.6) is 0 Å². The number of piperidine rings is 1. The molecule has 0 bridgehead atoms. The van der Waals surface area contributed by atoms with Crippen molar-refractivity contribution in [2.75, 3.05) is 24.5 Å². The second-order valence-electron chi connectivity index (χ2n) is 7.45. The van der Waals surface area contributed by atoms with Crippen LogP contribution in [-0.4, -0.2) is 41.3 Å². The van der Waals surface area contributed by atoms with E-state index in [1.807, 2.05) is 35.2 Å². The number of anilines is 2. The van der Waals surface area contributed by atoms with E-state index in [1.54, 1.807) is 6.20 Å². The number of likely N-dealkylation sites (tertiary alicyclic amines) is 1. The van der Waals surface area contributed by atoms with Gasteiger partial charge in [0.1, 0.15) is 5.82 Å². The average molecular weight is 391 g/mol. The number of rotatable bonds is 4. The lowest BCUT2D eigenvalue weighted by molar-refractivity contribution is 0.0724. The van der Waals surface area contributed by atoms with Gasteiger partial charge in [0, 0.05) is 37.1 Å². The topological polar surface area (TPSA) is 111 Å². The maximum absolute atomic E-state index is 12.8. The van der Waals surface area contributed by atoms with Crippen molar-refractivity contribution in [3.05, 3.63) is 53.2 Å². The second kappa shape index (κ2) is 8.38. The first kappa shape index (κ1) is 19.0. The smallest absolute Gasteiger partial charge is 0.255 e. The number of hydrogen-bond acceptors (Lipinski definition) is 5. The van der Waals surface area contributed by atoms with Crippen molar-refractivity contribution in [3.8, 4) is 0 Å². The van der Waals surface area contributed by atoms with Crippen molar-refractivity contribution in [1.82, 2.24) is 9.88 Å². The zero-order valence-corrected chi connectivity index (χ0v) is 16.3. The van der Waals surface area contributed by atoms with E-state index in [4.69, 9.17) is 11.3 Å². The fourth-order valence-corrected chi connectivity index (χ4v) is 4.04. The van der Waals surface area contributed by atoms with Gasteiger partial charge in [-0.2, -0.15) is 5.53 Å². The number of nitrogens with one attached hydrogen (secondary N) is 1. The fraction of sp³-hybridized carbons (Fsp3) is 0.381. The van der Waals surface area contributed by atoms with Crippen LogP contribution in [0.25, 0.3) is 0 Å². The fourth-order valence-electron chi connectivity index (χ4n) is 4.04. The van der Waals surface area contributed by atoms with Crippen LogP contribution in [0.4, 0.5) is 11.5 Å². The third-order valence-electron chi connectivity index (χ3n) is 5.55. The van der Waals surface area contributed by atoms with E-state index in [2.05, 4.69) is 20.2 Å². The van der Waals surface area contributed by atoms with Crippen molar-refractivity contribution < 1.29 is 4.79 Å². The Hall–Kier alpha value is -3.29. The second-order valence-corrected chi connectivity index (χ2v) is 7.45. The summed E-state index contributed by atoms with van der Waals surface area (Å²) in [6.07, 6.45) is 7.00. The van der Waals surface area contributed by atoms with Crippen LogP contribution in [0.2, 0.25) is 0 Å². The van der Waals surface area contributed by atoms with Gasteiger partial charge in [-0.1, -0.05) is 5.22 Å². The van der Waals surface area contributed by atoms with Crippen molar-refractivity contribution >= 4 is 23.2 Å². The molecule has 0 radical (unpaired) electrons. The molecule has 2 aliphatic heterocycles. The first-order valence-corrected chi connectivity index (χ1v) is 10.0. The monoisotopic (exact) mass is 391 g/mol. The number of benzene rings is 1. The number of fused-ring (bicyclic) bond motifs is 1. The minimum absolute atomic E-state index is 0.0936.